The molecule has 0 atom stereocenters. The number of benzene rings is 3. The number of amides is 1. The highest BCUT2D eigenvalue weighted by Crippen LogP contribution is 2.32. The summed E-state index contributed by atoms with van der Waals surface area (Å²) in [5.74, 6) is -0.0444. The minimum atomic E-state index is -4.03. The van der Waals surface area contributed by atoms with Gasteiger partial charge in [0.05, 0.1) is 17.2 Å². The number of hydrogen-bond donors (Lipinski definition) is 1. The molecular formula is C28H33N3O4S. The molecule has 0 spiro atoms. The van der Waals surface area contributed by atoms with Crippen molar-refractivity contribution in [3.05, 3.63) is 78.4 Å². The lowest BCUT2D eigenvalue weighted by Gasteiger charge is -2.29. The zero-order chi connectivity index (χ0) is 25.5. The van der Waals surface area contributed by atoms with Crippen LogP contribution >= 0.6 is 0 Å². The van der Waals surface area contributed by atoms with E-state index in [0.29, 0.717) is 23.7 Å². The summed E-state index contributed by atoms with van der Waals surface area (Å²) in [6, 6.07) is 21.1. The van der Waals surface area contributed by atoms with E-state index in [1.807, 2.05) is 38.1 Å². The summed E-state index contributed by atoms with van der Waals surface area (Å²) >= 11 is 0. The molecule has 1 heterocycles. The molecule has 4 rings (SSSR count). The van der Waals surface area contributed by atoms with Crippen molar-refractivity contribution in [2.75, 3.05) is 40.8 Å². The average molecular weight is 508 g/mol. The Kier molecular flexibility index (Phi) is 8.15. The molecule has 1 aliphatic rings. The Bertz CT molecular complexity index is 1270. The predicted octanol–water partition coefficient (Wildman–Crippen LogP) is 5.22. The van der Waals surface area contributed by atoms with Crippen LogP contribution in [0.15, 0.2) is 77.7 Å². The maximum absolute atomic E-state index is 13.7. The second-order valence-electron chi connectivity index (χ2n) is 8.87. The highest BCUT2D eigenvalue weighted by atomic mass is 32.2. The van der Waals surface area contributed by atoms with Crippen LogP contribution in [0.4, 0.5) is 17.1 Å². The van der Waals surface area contributed by atoms with Gasteiger partial charge in [-0.25, -0.2) is 8.42 Å². The molecule has 0 aromatic heterocycles. The molecule has 190 valence electrons. The van der Waals surface area contributed by atoms with Crippen LogP contribution in [0.5, 0.6) is 5.75 Å². The minimum absolute atomic E-state index is 0.109. The number of ether oxygens (including phenoxy) is 1. The molecule has 1 aliphatic heterocycles. The van der Waals surface area contributed by atoms with E-state index in [0.717, 1.165) is 28.6 Å². The first-order chi connectivity index (χ1) is 17.4. The zero-order valence-electron chi connectivity index (χ0n) is 20.8. The first-order valence-corrected chi connectivity index (χ1v) is 13.8. The van der Waals surface area contributed by atoms with Gasteiger partial charge in [0.25, 0.3) is 10.0 Å². The third kappa shape index (κ3) is 5.99. The summed E-state index contributed by atoms with van der Waals surface area (Å²) in [6.45, 7) is 5.77. The molecule has 0 radical (unpaired) electrons. The molecular weight excluding hydrogens is 474 g/mol. The number of sulfonamides is 1. The number of anilines is 3. The largest absolute Gasteiger partial charge is 0.492 e. The second-order valence-corrected chi connectivity index (χ2v) is 10.7. The van der Waals surface area contributed by atoms with Crippen molar-refractivity contribution in [2.24, 2.45) is 0 Å². The average Bonchev–Trinajstić information content (AvgIpc) is 2.89. The molecule has 1 saturated heterocycles. The molecule has 1 fully saturated rings. The lowest BCUT2D eigenvalue weighted by atomic mass is 10.1. The van der Waals surface area contributed by atoms with Crippen LogP contribution < -0.4 is 19.3 Å². The van der Waals surface area contributed by atoms with Gasteiger partial charge in [0, 0.05) is 24.5 Å². The maximum Gasteiger partial charge on any atom is 0.264 e. The van der Waals surface area contributed by atoms with Gasteiger partial charge in [0.1, 0.15) is 12.3 Å². The number of rotatable bonds is 9. The summed E-state index contributed by atoms with van der Waals surface area (Å²) < 4.78 is 34.2. The first kappa shape index (κ1) is 25.6. The third-order valence-electron chi connectivity index (χ3n) is 6.20. The Hall–Kier alpha value is -3.52. The van der Waals surface area contributed by atoms with Gasteiger partial charge in [-0.2, -0.15) is 0 Å². The predicted molar refractivity (Wildman–Crippen MR) is 144 cm³/mol. The fourth-order valence-corrected chi connectivity index (χ4v) is 5.75. The lowest BCUT2D eigenvalue weighted by molar-refractivity contribution is -0.114. The molecule has 1 amide bonds. The van der Waals surface area contributed by atoms with Crippen molar-refractivity contribution in [2.45, 2.75) is 38.0 Å². The Morgan fingerprint density at radius 2 is 1.61 bits per heavy atom. The molecule has 0 saturated carbocycles. The number of nitrogens with zero attached hydrogens (tertiary/aromatic N) is 2. The SMILES string of the molecule is CCOc1ccccc1N(CC(=O)Nc1ccc(N2CCCCC2)cc1)S(=O)(=O)c1ccc(C)cc1. The Balaban J connectivity index is 1.58. The third-order valence-corrected chi connectivity index (χ3v) is 7.98. The van der Waals surface area contributed by atoms with E-state index in [9.17, 15) is 13.2 Å². The first-order valence-electron chi connectivity index (χ1n) is 12.3. The number of carbonyl (C=O) groups excluding carboxylic acids is 1. The quantitative estimate of drug-likeness (QED) is 0.430. The van der Waals surface area contributed by atoms with Gasteiger partial charge in [-0.05, 0) is 81.6 Å². The molecule has 8 heteroatoms. The molecule has 1 N–H and O–H groups in total. The highest BCUT2D eigenvalue weighted by Gasteiger charge is 2.29. The summed E-state index contributed by atoms with van der Waals surface area (Å²) in [5, 5.41) is 2.85. The van der Waals surface area contributed by atoms with Crippen LogP contribution in [0, 0.1) is 6.92 Å². The number of hydrogen-bond acceptors (Lipinski definition) is 5. The molecule has 7 nitrogen and oxygen atoms in total. The number of piperidine rings is 1. The Morgan fingerprint density at radius 1 is 0.944 bits per heavy atom. The topological polar surface area (TPSA) is 79.0 Å². The van der Waals surface area contributed by atoms with Crippen LogP contribution in [0.1, 0.15) is 31.7 Å². The molecule has 3 aromatic carbocycles. The summed E-state index contributed by atoms with van der Waals surface area (Å²) in [7, 11) is -4.03. The lowest BCUT2D eigenvalue weighted by Crippen LogP contribution is -2.38. The smallest absolute Gasteiger partial charge is 0.264 e. The fraction of sp³-hybridized carbons (Fsp3) is 0.321. The number of carbonyl (C=O) groups is 1. The van der Waals surface area contributed by atoms with E-state index in [-0.39, 0.29) is 4.90 Å². The maximum atomic E-state index is 13.7. The van der Waals surface area contributed by atoms with Gasteiger partial charge >= 0.3 is 0 Å². The van der Waals surface area contributed by atoms with Crippen LogP contribution in [0.2, 0.25) is 0 Å². The van der Waals surface area contributed by atoms with Crippen LogP contribution in [0.3, 0.4) is 0 Å². The van der Waals surface area contributed by atoms with E-state index in [1.165, 1.54) is 19.3 Å². The van der Waals surface area contributed by atoms with Crippen molar-refractivity contribution in [3.8, 4) is 5.75 Å². The summed E-state index contributed by atoms with van der Waals surface area (Å²) in [5.41, 5.74) is 3.00. The van der Waals surface area contributed by atoms with Crippen molar-refractivity contribution < 1.29 is 17.9 Å². The van der Waals surface area contributed by atoms with Crippen molar-refractivity contribution in [1.29, 1.82) is 0 Å². The van der Waals surface area contributed by atoms with E-state index < -0.39 is 22.5 Å². The molecule has 0 aliphatic carbocycles. The highest BCUT2D eigenvalue weighted by molar-refractivity contribution is 7.92. The molecule has 0 unspecified atom stereocenters. The van der Waals surface area contributed by atoms with Gasteiger partial charge in [-0.3, -0.25) is 9.10 Å². The second kappa shape index (κ2) is 11.5. The van der Waals surface area contributed by atoms with Gasteiger partial charge < -0.3 is 15.0 Å². The standard InChI is InChI=1S/C28H33N3O4S/c1-3-35-27-10-6-5-9-26(27)31(36(33,34)25-17-11-22(2)12-18-25)21-28(32)29-23-13-15-24(16-14-23)30-19-7-4-8-20-30/h5-6,9-18H,3-4,7-8,19-21H2,1-2H3,(H,29,32). The monoisotopic (exact) mass is 507 g/mol. The number of aryl methyl sites for hydroxylation is 1. The normalized spacial score (nSPS) is 13.8. The van der Waals surface area contributed by atoms with E-state index >= 15 is 0 Å². The van der Waals surface area contributed by atoms with E-state index in [1.54, 1.807) is 48.5 Å². The van der Waals surface area contributed by atoms with Crippen LogP contribution in [0.25, 0.3) is 0 Å². The summed E-state index contributed by atoms with van der Waals surface area (Å²) in [4.78, 5) is 15.6. The van der Waals surface area contributed by atoms with Gasteiger partial charge in [-0.15, -0.1) is 0 Å². The van der Waals surface area contributed by atoms with Crippen LogP contribution in [-0.4, -0.2) is 40.6 Å². The molecule has 3 aromatic rings. The van der Waals surface area contributed by atoms with Crippen molar-refractivity contribution >= 4 is 33.0 Å². The minimum Gasteiger partial charge on any atom is -0.492 e. The van der Waals surface area contributed by atoms with Gasteiger partial charge in [0.15, 0.2) is 0 Å². The van der Waals surface area contributed by atoms with E-state index in [4.69, 9.17) is 4.74 Å². The Labute approximate surface area is 213 Å². The van der Waals surface area contributed by atoms with Crippen molar-refractivity contribution in [1.82, 2.24) is 0 Å². The number of nitrogens with one attached hydrogen (secondary N) is 1. The van der Waals surface area contributed by atoms with Crippen molar-refractivity contribution in [3.63, 3.8) is 0 Å². The zero-order valence-corrected chi connectivity index (χ0v) is 21.6. The fourth-order valence-electron chi connectivity index (χ4n) is 4.32. The molecule has 36 heavy (non-hydrogen) atoms. The Morgan fingerprint density at radius 3 is 2.28 bits per heavy atom. The van der Waals surface area contributed by atoms with E-state index in [2.05, 4.69) is 10.2 Å². The summed E-state index contributed by atoms with van der Waals surface area (Å²) in [6.07, 6.45) is 3.64. The van der Waals surface area contributed by atoms with Gasteiger partial charge in [-0.1, -0.05) is 29.8 Å². The number of para-hydroxylation sites is 2. The van der Waals surface area contributed by atoms with Crippen LogP contribution in [-0.2, 0) is 14.8 Å². The molecule has 0 bridgehead atoms. The van der Waals surface area contributed by atoms with Gasteiger partial charge in [0.2, 0.25) is 5.91 Å².